The summed E-state index contributed by atoms with van der Waals surface area (Å²) in [5.74, 6) is -0.147. The van der Waals surface area contributed by atoms with E-state index < -0.39 is 0 Å². The number of hydrogen-bond donors (Lipinski definition) is 2. The summed E-state index contributed by atoms with van der Waals surface area (Å²) in [7, 11) is 0. The van der Waals surface area contributed by atoms with Crippen molar-refractivity contribution >= 4 is 27.7 Å². The maximum atomic E-state index is 12.0. The van der Waals surface area contributed by atoms with Crippen molar-refractivity contribution in [2.24, 2.45) is 0 Å². The number of rotatable bonds is 2. The number of benzene rings is 1. The maximum Gasteiger partial charge on any atom is 0.252 e. The van der Waals surface area contributed by atoms with Crippen LogP contribution in [0.4, 0.5) is 0 Å². The molecular formula is C12H13BrN2O2. The number of carbonyl (C=O) groups is 2. The zero-order chi connectivity index (χ0) is 12.3. The second kappa shape index (κ2) is 5.31. The first-order chi connectivity index (χ1) is 8.16. The number of carbonyl (C=O) groups excluding carboxylic acids is 2. The van der Waals surface area contributed by atoms with Gasteiger partial charge in [0.05, 0.1) is 5.56 Å². The standard InChI is InChI=1S/C12H13BrN2O2/c13-10-4-2-1-3-9(10)12(17)15-8-5-6-14-11(16)7-8/h1-4,8H,5-7H2,(H,14,16)(H,15,17). The lowest BCUT2D eigenvalue weighted by atomic mass is 10.1. The third-order valence-corrected chi connectivity index (χ3v) is 3.39. The van der Waals surface area contributed by atoms with Crippen LogP contribution in [0, 0.1) is 0 Å². The van der Waals surface area contributed by atoms with E-state index >= 15 is 0 Å². The molecule has 1 saturated heterocycles. The SMILES string of the molecule is O=C1CC(NC(=O)c2ccccc2Br)CCN1. The molecule has 0 aliphatic carbocycles. The van der Waals surface area contributed by atoms with Gasteiger partial charge in [-0.15, -0.1) is 0 Å². The highest BCUT2D eigenvalue weighted by Gasteiger charge is 2.21. The first kappa shape index (κ1) is 12.1. The molecule has 1 aromatic carbocycles. The molecule has 1 aliphatic rings. The fourth-order valence-corrected chi connectivity index (χ4v) is 2.28. The van der Waals surface area contributed by atoms with Crippen molar-refractivity contribution in [3.63, 3.8) is 0 Å². The molecule has 4 nitrogen and oxygen atoms in total. The predicted octanol–water partition coefficient (Wildman–Crippen LogP) is 1.46. The van der Waals surface area contributed by atoms with Gasteiger partial charge in [0.25, 0.3) is 5.91 Å². The highest BCUT2D eigenvalue weighted by molar-refractivity contribution is 9.10. The van der Waals surface area contributed by atoms with Crippen molar-refractivity contribution in [1.29, 1.82) is 0 Å². The number of amides is 2. The highest BCUT2D eigenvalue weighted by atomic mass is 79.9. The lowest BCUT2D eigenvalue weighted by molar-refractivity contribution is -0.122. The Morgan fingerprint density at radius 2 is 2.18 bits per heavy atom. The number of hydrogen-bond acceptors (Lipinski definition) is 2. The summed E-state index contributed by atoms with van der Waals surface area (Å²) in [6.07, 6.45) is 1.14. The molecule has 2 rings (SSSR count). The summed E-state index contributed by atoms with van der Waals surface area (Å²) in [5.41, 5.74) is 0.596. The van der Waals surface area contributed by atoms with Crippen LogP contribution in [0.5, 0.6) is 0 Å². The Kier molecular flexibility index (Phi) is 3.78. The molecule has 0 saturated carbocycles. The van der Waals surface area contributed by atoms with Gasteiger partial charge in [-0.2, -0.15) is 0 Å². The molecule has 0 spiro atoms. The van der Waals surface area contributed by atoms with Gasteiger partial charge >= 0.3 is 0 Å². The van der Waals surface area contributed by atoms with Gasteiger partial charge < -0.3 is 10.6 Å². The lowest BCUT2D eigenvalue weighted by Gasteiger charge is -2.23. The molecule has 0 bridgehead atoms. The van der Waals surface area contributed by atoms with Crippen molar-refractivity contribution < 1.29 is 9.59 Å². The minimum absolute atomic E-state index is 0.00585. The Labute approximate surface area is 108 Å². The minimum atomic E-state index is -0.142. The number of piperidine rings is 1. The van der Waals surface area contributed by atoms with Crippen LogP contribution in [0.15, 0.2) is 28.7 Å². The molecule has 0 aromatic heterocycles. The lowest BCUT2D eigenvalue weighted by Crippen LogP contribution is -2.45. The van der Waals surface area contributed by atoms with Crippen LogP contribution < -0.4 is 10.6 Å². The second-order valence-corrected chi connectivity index (χ2v) is 4.85. The molecule has 1 unspecified atom stereocenters. The number of halogens is 1. The maximum absolute atomic E-state index is 12.0. The van der Waals surface area contributed by atoms with E-state index in [1.165, 1.54) is 0 Å². The Hall–Kier alpha value is -1.36. The Morgan fingerprint density at radius 1 is 1.41 bits per heavy atom. The van der Waals surface area contributed by atoms with Crippen molar-refractivity contribution in [2.45, 2.75) is 18.9 Å². The minimum Gasteiger partial charge on any atom is -0.356 e. The van der Waals surface area contributed by atoms with E-state index in [0.717, 1.165) is 10.9 Å². The van der Waals surface area contributed by atoms with Crippen LogP contribution in [-0.4, -0.2) is 24.4 Å². The van der Waals surface area contributed by atoms with Gasteiger partial charge in [-0.1, -0.05) is 12.1 Å². The molecular weight excluding hydrogens is 284 g/mol. The zero-order valence-corrected chi connectivity index (χ0v) is 10.8. The average molecular weight is 297 g/mol. The normalized spacial score (nSPS) is 19.6. The molecule has 5 heteroatoms. The second-order valence-electron chi connectivity index (χ2n) is 3.99. The Bertz CT molecular complexity index is 448. The van der Waals surface area contributed by atoms with E-state index in [-0.39, 0.29) is 17.9 Å². The van der Waals surface area contributed by atoms with Crippen LogP contribution >= 0.6 is 15.9 Å². The summed E-state index contributed by atoms with van der Waals surface area (Å²) >= 11 is 3.33. The summed E-state index contributed by atoms with van der Waals surface area (Å²) in [4.78, 5) is 23.2. The van der Waals surface area contributed by atoms with E-state index in [4.69, 9.17) is 0 Å². The van der Waals surface area contributed by atoms with Gasteiger partial charge in [-0.05, 0) is 34.5 Å². The van der Waals surface area contributed by atoms with E-state index in [1.807, 2.05) is 18.2 Å². The molecule has 1 aliphatic heterocycles. The van der Waals surface area contributed by atoms with Crippen LogP contribution in [0.25, 0.3) is 0 Å². The predicted molar refractivity (Wildman–Crippen MR) is 67.6 cm³/mol. The van der Waals surface area contributed by atoms with E-state index in [1.54, 1.807) is 6.07 Å². The topological polar surface area (TPSA) is 58.2 Å². The van der Waals surface area contributed by atoms with Gasteiger partial charge in [-0.3, -0.25) is 9.59 Å². The summed E-state index contributed by atoms with van der Waals surface area (Å²) < 4.78 is 0.762. The molecule has 0 radical (unpaired) electrons. The fourth-order valence-electron chi connectivity index (χ4n) is 1.82. The molecule has 2 N–H and O–H groups in total. The average Bonchev–Trinajstić information content (AvgIpc) is 2.29. The molecule has 17 heavy (non-hydrogen) atoms. The van der Waals surface area contributed by atoms with E-state index in [2.05, 4.69) is 26.6 Å². The molecule has 2 amide bonds. The number of nitrogens with one attached hydrogen (secondary N) is 2. The molecule has 90 valence electrons. The Balaban J connectivity index is 2.02. The molecule has 1 atom stereocenters. The van der Waals surface area contributed by atoms with E-state index in [0.29, 0.717) is 18.5 Å². The van der Waals surface area contributed by atoms with Crippen molar-refractivity contribution in [3.8, 4) is 0 Å². The monoisotopic (exact) mass is 296 g/mol. The van der Waals surface area contributed by atoms with Gasteiger partial charge in [-0.25, -0.2) is 0 Å². The van der Waals surface area contributed by atoms with Gasteiger partial charge in [0.1, 0.15) is 0 Å². The highest BCUT2D eigenvalue weighted by Crippen LogP contribution is 2.16. The molecule has 1 aromatic rings. The first-order valence-corrected chi connectivity index (χ1v) is 6.28. The van der Waals surface area contributed by atoms with Crippen molar-refractivity contribution in [1.82, 2.24) is 10.6 Å². The summed E-state index contributed by atoms with van der Waals surface area (Å²) in [6, 6.07) is 7.18. The van der Waals surface area contributed by atoms with Crippen LogP contribution in [0.1, 0.15) is 23.2 Å². The Morgan fingerprint density at radius 3 is 2.88 bits per heavy atom. The fraction of sp³-hybridized carbons (Fsp3) is 0.333. The third kappa shape index (κ3) is 3.06. The summed E-state index contributed by atoms with van der Waals surface area (Å²) in [5, 5.41) is 5.61. The van der Waals surface area contributed by atoms with E-state index in [9.17, 15) is 9.59 Å². The van der Waals surface area contributed by atoms with Crippen molar-refractivity contribution in [2.75, 3.05) is 6.54 Å². The van der Waals surface area contributed by atoms with Gasteiger partial charge in [0, 0.05) is 23.5 Å². The third-order valence-electron chi connectivity index (χ3n) is 2.70. The van der Waals surface area contributed by atoms with Crippen molar-refractivity contribution in [3.05, 3.63) is 34.3 Å². The van der Waals surface area contributed by atoms with Gasteiger partial charge in [0.2, 0.25) is 5.91 Å². The van der Waals surface area contributed by atoms with Gasteiger partial charge in [0.15, 0.2) is 0 Å². The van der Waals surface area contributed by atoms with Crippen LogP contribution in [0.3, 0.4) is 0 Å². The quantitative estimate of drug-likeness (QED) is 0.868. The molecule has 1 fully saturated rings. The largest absolute Gasteiger partial charge is 0.356 e. The zero-order valence-electron chi connectivity index (χ0n) is 9.20. The summed E-state index contributed by atoms with van der Waals surface area (Å²) in [6.45, 7) is 0.625. The molecule has 1 heterocycles. The first-order valence-electron chi connectivity index (χ1n) is 5.49. The van der Waals surface area contributed by atoms with Crippen LogP contribution in [-0.2, 0) is 4.79 Å². The van der Waals surface area contributed by atoms with Crippen LogP contribution in [0.2, 0.25) is 0 Å². The smallest absolute Gasteiger partial charge is 0.252 e.